The van der Waals surface area contributed by atoms with Crippen LogP contribution in [-0.4, -0.2) is 46.7 Å². The predicted octanol–water partition coefficient (Wildman–Crippen LogP) is 4.13. The molecule has 0 heterocycles. The summed E-state index contributed by atoms with van der Waals surface area (Å²) in [6.45, 7) is 5.10. The van der Waals surface area contributed by atoms with Crippen LogP contribution in [-0.2, 0) is 19.1 Å². The van der Waals surface area contributed by atoms with E-state index in [4.69, 9.17) is 4.74 Å². The van der Waals surface area contributed by atoms with Crippen LogP contribution < -0.4 is 0 Å². The van der Waals surface area contributed by atoms with Crippen molar-refractivity contribution >= 4 is 17.5 Å². The molecule has 0 saturated heterocycles. The van der Waals surface area contributed by atoms with Crippen molar-refractivity contribution in [2.24, 2.45) is 28.6 Å². The fraction of sp³-hybridized carbons (Fsp3) is 0.720. The fourth-order valence-corrected chi connectivity index (χ4v) is 7.83. The number of ether oxygens (including phenoxy) is 1. The Balaban J connectivity index is 1.87. The summed E-state index contributed by atoms with van der Waals surface area (Å²) in [6.07, 6.45) is 1.02. The van der Waals surface area contributed by atoms with Gasteiger partial charge in [0.2, 0.25) is 11.6 Å². The van der Waals surface area contributed by atoms with Gasteiger partial charge in [0, 0.05) is 29.1 Å². The SMILES string of the molecule is CCC(=O)O[C@]1(C(=O)CF)[C@H](C)C[C@H]2[C@@H]3CCC4=C(F)C(=O)C=C[C@]4(C)[C@@]3(F)[C@@H](O)C[C@@]21C. The quantitative estimate of drug-likeness (QED) is 0.628. The molecule has 33 heavy (non-hydrogen) atoms. The molecule has 3 fully saturated rings. The summed E-state index contributed by atoms with van der Waals surface area (Å²) in [4.78, 5) is 37.3. The Morgan fingerprint density at radius 3 is 2.55 bits per heavy atom. The van der Waals surface area contributed by atoms with Crippen LogP contribution in [0, 0.1) is 28.6 Å². The van der Waals surface area contributed by atoms with Gasteiger partial charge in [0.1, 0.15) is 0 Å². The Bertz CT molecular complexity index is 975. The molecule has 0 aliphatic heterocycles. The standard InChI is InChI=1S/C25H31F3O5/c1-5-20(32)33-25(19(31)12-26)13(2)10-16-14-6-7-15-21(27)17(29)8-9-22(15,3)24(14,28)18(30)11-23(16,25)4/h8-9,13-14,16,18,30H,5-7,10-12H2,1-4H3/t13-,14+,16+,18+,22+,23+,24+,25+/m1/s1. The summed E-state index contributed by atoms with van der Waals surface area (Å²) < 4.78 is 51.5. The zero-order valence-electron chi connectivity index (χ0n) is 19.4. The van der Waals surface area contributed by atoms with Crippen molar-refractivity contribution in [2.75, 3.05) is 6.67 Å². The lowest BCUT2D eigenvalue weighted by molar-refractivity contribution is -0.228. The van der Waals surface area contributed by atoms with Gasteiger partial charge < -0.3 is 9.84 Å². The van der Waals surface area contributed by atoms with E-state index in [1.165, 1.54) is 13.0 Å². The Labute approximate surface area is 191 Å². The largest absolute Gasteiger partial charge is 0.450 e. The van der Waals surface area contributed by atoms with E-state index >= 15 is 4.39 Å². The van der Waals surface area contributed by atoms with Gasteiger partial charge in [-0.3, -0.25) is 14.4 Å². The van der Waals surface area contributed by atoms with Crippen LogP contribution in [0.1, 0.15) is 59.8 Å². The number of hydrogen-bond donors (Lipinski definition) is 1. The van der Waals surface area contributed by atoms with Crippen molar-refractivity contribution in [1.82, 2.24) is 0 Å². The third-order valence-electron chi connectivity index (χ3n) is 9.37. The van der Waals surface area contributed by atoms with Crippen LogP contribution in [0.2, 0.25) is 0 Å². The topological polar surface area (TPSA) is 80.7 Å². The number of halogens is 3. The Kier molecular flexibility index (Phi) is 5.51. The number of aliphatic hydroxyl groups excluding tert-OH is 1. The first-order valence-electron chi connectivity index (χ1n) is 11.7. The first-order valence-corrected chi connectivity index (χ1v) is 11.7. The van der Waals surface area contributed by atoms with Crippen LogP contribution >= 0.6 is 0 Å². The maximum absolute atomic E-state index is 17.2. The van der Waals surface area contributed by atoms with Gasteiger partial charge in [0.15, 0.2) is 23.8 Å². The molecule has 3 saturated carbocycles. The number of ketones is 2. The summed E-state index contributed by atoms with van der Waals surface area (Å²) in [7, 11) is 0. The number of Topliss-reactive ketones (excluding diaryl/α,β-unsaturated/α-hetero) is 1. The maximum atomic E-state index is 17.2. The third-order valence-corrected chi connectivity index (χ3v) is 9.37. The molecule has 4 aliphatic rings. The van der Waals surface area contributed by atoms with Crippen molar-refractivity contribution < 1.29 is 37.4 Å². The zero-order valence-corrected chi connectivity index (χ0v) is 19.4. The van der Waals surface area contributed by atoms with E-state index in [0.717, 1.165) is 6.08 Å². The highest BCUT2D eigenvalue weighted by Gasteiger charge is 2.77. The molecular formula is C25H31F3O5. The van der Waals surface area contributed by atoms with E-state index < -0.39 is 76.0 Å². The lowest BCUT2D eigenvalue weighted by Gasteiger charge is -2.62. The van der Waals surface area contributed by atoms with Crippen molar-refractivity contribution in [1.29, 1.82) is 0 Å². The number of alkyl halides is 2. The molecule has 0 aromatic carbocycles. The number of fused-ring (bicyclic) bond motifs is 5. The van der Waals surface area contributed by atoms with E-state index in [2.05, 4.69) is 0 Å². The number of aliphatic hydroxyl groups is 1. The molecule has 8 heteroatoms. The van der Waals surface area contributed by atoms with Crippen molar-refractivity contribution in [3.05, 3.63) is 23.6 Å². The van der Waals surface area contributed by atoms with Gasteiger partial charge in [-0.05, 0) is 50.2 Å². The van der Waals surface area contributed by atoms with Crippen LogP contribution in [0.4, 0.5) is 13.2 Å². The van der Waals surface area contributed by atoms with E-state index in [-0.39, 0.29) is 31.3 Å². The van der Waals surface area contributed by atoms with Crippen LogP contribution in [0.15, 0.2) is 23.6 Å². The van der Waals surface area contributed by atoms with Gasteiger partial charge >= 0.3 is 5.97 Å². The van der Waals surface area contributed by atoms with Crippen molar-refractivity contribution in [2.45, 2.75) is 77.2 Å². The van der Waals surface area contributed by atoms with Gasteiger partial charge in [0.05, 0.1) is 6.10 Å². The van der Waals surface area contributed by atoms with E-state index in [0.29, 0.717) is 6.42 Å². The third kappa shape index (κ3) is 2.73. The minimum atomic E-state index is -2.30. The molecule has 0 unspecified atom stereocenters. The van der Waals surface area contributed by atoms with Gasteiger partial charge in [-0.1, -0.05) is 26.8 Å². The number of hydrogen-bond acceptors (Lipinski definition) is 5. The summed E-state index contributed by atoms with van der Waals surface area (Å²) in [5.41, 5.74) is -6.81. The van der Waals surface area contributed by atoms with Gasteiger partial charge in [0.25, 0.3) is 0 Å². The smallest absolute Gasteiger partial charge is 0.306 e. The lowest BCUT2D eigenvalue weighted by atomic mass is 9.44. The zero-order chi connectivity index (χ0) is 24.6. The molecule has 8 atom stereocenters. The van der Waals surface area contributed by atoms with E-state index in [1.54, 1.807) is 20.8 Å². The van der Waals surface area contributed by atoms with Gasteiger partial charge in [-0.2, -0.15) is 0 Å². The highest BCUT2D eigenvalue weighted by Crippen LogP contribution is 2.71. The fourth-order valence-electron chi connectivity index (χ4n) is 7.83. The highest BCUT2D eigenvalue weighted by atomic mass is 19.1. The molecule has 182 valence electrons. The number of allylic oxidation sites excluding steroid dienone is 4. The van der Waals surface area contributed by atoms with E-state index in [9.17, 15) is 28.3 Å². The van der Waals surface area contributed by atoms with Crippen LogP contribution in [0.3, 0.4) is 0 Å². The Morgan fingerprint density at radius 1 is 1.27 bits per heavy atom. The second-order valence-corrected chi connectivity index (χ2v) is 10.6. The molecule has 0 aromatic heterocycles. The molecule has 0 amide bonds. The first-order chi connectivity index (χ1) is 15.3. The molecule has 0 bridgehead atoms. The minimum Gasteiger partial charge on any atom is -0.450 e. The van der Waals surface area contributed by atoms with Crippen molar-refractivity contribution in [3.8, 4) is 0 Å². The molecule has 4 rings (SSSR count). The summed E-state index contributed by atoms with van der Waals surface area (Å²) in [5.74, 6) is -5.24. The molecule has 5 nitrogen and oxygen atoms in total. The Morgan fingerprint density at radius 2 is 1.94 bits per heavy atom. The normalized spacial score (nSPS) is 46.5. The number of carbonyl (C=O) groups is 3. The van der Waals surface area contributed by atoms with Crippen molar-refractivity contribution in [3.63, 3.8) is 0 Å². The first kappa shape index (κ1) is 24.2. The summed E-state index contributed by atoms with van der Waals surface area (Å²) in [5, 5.41) is 11.3. The van der Waals surface area contributed by atoms with Crippen LogP contribution in [0.25, 0.3) is 0 Å². The average Bonchev–Trinajstić information content (AvgIpc) is 2.99. The van der Waals surface area contributed by atoms with E-state index in [1.807, 2.05) is 0 Å². The van der Waals surface area contributed by atoms with Gasteiger partial charge in [-0.25, -0.2) is 13.2 Å². The molecule has 0 radical (unpaired) electrons. The number of esters is 1. The number of rotatable bonds is 4. The average molecular weight is 469 g/mol. The number of carbonyl (C=O) groups excluding carboxylic acids is 3. The second kappa shape index (κ2) is 7.52. The molecule has 0 aromatic rings. The van der Waals surface area contributed by atoms with Gasteiger partial charge in [-0.15, -0.1) is 0 Å². The summed E-state index contributed by atoms with van der Waals surface area (Å²) >= 11 is 0. The molecular weight excluding hydrogens is 437 g/mol. The second-order valence-electron chi connectivity index (χ2n) is 10.6. The Hall–Kier alpha value is -1.96. The minimum absolute atomic E-state index is 0.0157. The summed E-state index contributed by atoms with van der Waals surface area (Å²) in [6, 6.07) is 0. The monoisotopic (exact) mass is 468 g/mol. The maximum Gasteiger partial charge on any atom is 0.306 e. The molecule has 0 spiro atoms. The van der Waals surface area contributed by atoms with Crippen LogP contribution in [0.5, 0.6) is 0 Å². The molecule has 1 N–H and O–H groups in total. The highest BCUT2D eigenvalue weighted by molar-refractivity contribution is 6.04. The molecule has 4 aliphatic carbocycles. The predicted molar refractivity (Wildman–Crippen MR) is 113 cm³/mol. The lowest BCUT2D eigenvalue weighted by Crippen LogP contribution is -2.70.